The molecule has 3 rings (SSSR count). The third-order valence-corrected chi connectivity index (χ3v) is 8.73. The molecular formula is C26H34ClFN4O4S. The van der Waals surface area contributed by atoms with Gasteiger partial charge >= 0.3 is 10.2 Å². The monoisotopic (exact) mass is 552 g/mol. The van der Waals surface area contributed by atoms with Gasteiger partial charge in [0.05, 0.1) is 5.69 Å². The van der Waals surface area contributed by atoms with E-state index in [1.54, 1.807) is 31.2 Å². The third-order valence-electron chi connectivity index (χ3n) is 6.56. The van der Waals surface area contributed by atoms with Crippen LogP contribution in [0.1, 0.15) is 44.6 Å². The smallest absolute Gasteiger partial charge is 0.304 e. The number of halogens is 2. The summed E-state index contributed by atoms with van der Waals surface area (Å²) in [5.41, 5.74) is 0.337. The van der Waals surface area contributed by atoms with Gasteiger partial charge in [-0.15, -0.1) is 0 Å². The van der Waals surface area contributed by atoms with Gasteiger partial charge < -0.3 is 10.2 Å². The van der Waals surface area contributed by atoms with Gasteiger partial charge in [-0.25, -0.2) is 8.70 Å². The summed E-state index contributed by atoms with van der Waals surface area (Å²) in [5, 5.41) is 3.44. The minimum absolute atomic E-state index is 0.0229. The van der Waals surface area contributed by atoms with Crippen LogP contribution in [0, 0.1) is 5.82 Å². The van der Waals surface area contributed by atoms with Gasteiger partial charge in [-0.1, -0.05) is 61.2 Å². The van der Waals surface area contributed by atoms with E-state index in [0.29, 0.717) is 10.6 Å². The van der Waals surface area contributed by atoms with Gasteiger partial charge in [-0.05, 0) is 43.5 Å². The van der Waals surface area contributed by atoms with Gasteiger partial charge in [0.1, 0.15) is 18.4 Å². The van der Waals surface area contributed by atoms with Crippen molar-refractivity contribution >= 4 is 39.3 Å². The van der Waals surface area contributed by atoms with Crippen molar-refractivity contribution in [2.24, 2.45) is 0 Å². The quantitative estimate of drug-likeness (QED) is 0.483. The second-order valence-corrected chi connectivity index (χ2v) is 11.9. The highest BCUT2D eigenvalue weighted by Gasteiger charge is 2.34. The Morgan fingerprint density at radius 1 is 1.05 bits per heavy atom. The number of carbonyl (C=O) groups is 2. The largest absolute Gasteiger partial charge is 0.352 e. The molecule has 2 aromatic carbocycles. The van der Waals surface area contributed by atoms with Crippen LogP contribution < -0.4 is 9.62 Å². The first-order valence-corrected chi connectivity index (χ1v) is 14.1. The van der Waals surface area contributed by atoms with Gasteiger partial charge in [-0.3, -0.25) is 9.59 Å². The molecule has 0 aromatic heterocycles. The Labute approximate surface area is 223 Å². The molecule has 1 fully saturated rings. The number of para-hydroxylation sites is 1. The minimum Gasteiger partial charge on any atom is -0.352 e. The van der Waals surface area contributed by atoms with E-state index in [-0.39, 0.29) is 24.2 Å². The van der Waals surface area contributed by atoms with Gasteiger partial charge in [0.2, 0.25) is 11.8 Å². The molecule has 0 radical (unpaired) electrons. The summed E-state index contributed by atoms with van der Waals surface area (Å²) in [5.74, 6) is -1.79. The standard InChI is InChI=1S/C26H34ClFN4O4S/c1-19(26(34)29-21-12-5-4-6-13-21)31(17-20-11-7-8-14-22(20)27)25(33)18-32(37(35,36)30(2)3)24-16-10-9-15-23(24)28/h7-11,14-16,19,21H,4-6,12-13,17-18H2,1-3H3,(H,29,34). The second-order valence-electron chi connectivity index (χ2n) is 9.38. The van der Waals surface area contributed by atoms with E-state index in [2.05, 4.69) is 5.32 Å². The highest BCUT2D eigenvalue weighted by molar-refractivity contribution is 7.90. The zero-order valence-corrected chi connectivity index (χ0v) is 22.9. The molecule has 2 amide bonds. The Balaban J connectivity index is 1.94. The molecule has 1 unspecified atom stereocenters. The summed E-state index contributed by atoms with van der Waals surface area (Å²) in [6.07, 6.45) is 4.94. The molecule has 0 bridgehead atoms. The zero-order valence-electron chi connectivity index (χ0n) is 21.4. The fourth-order valence-corrected chi connectivity index (χ4v) is 5.58. The Bertz CT molecular complexity index is 1200. The highest BCUT2D eigenvalue weighted by atomic mass is 35.5. The van der Waals surface area contributed by atoms with Crippen LogP contribution in [0.15, 0.2) is 48.5 Å². The molecular weight excluding hydrogens is 519 g/mol. The van der Waals surface area contributed by atoms with Crippen molar-refractivity contribution in [1.29, 1.82) is 0 Å². The first-order chi connectivity index (χ1) is 17.5. The average molecular weight is 553 g/mol. The number of nitrogens with one attached hydrogen (secondary N) is 1. The molecule has 1 aliphatic rings. The lowest BCUT2D eigenvalue weighted by Gasteiger charge is -2.34. The topological polar surface area (TPSA) is 90.0 Å². The zero-order chi connectivity index (χ0) is 27.2. The van der Waals surface area contributed by atoms with Crippen LogP contribution in [0.3, 0.4) is 0 Å². The number of amides is 2. The predicted octanol–water partition coefficient (Wildman–Crippen LogP) is 3.96. The van der Waals surface area contributed by atoms with Crippen molar-refractivity contribution in [3.8, 4) is 0 Å². The first-order valence-electron chi connectivity index (χ1n) is 12.3. The molecule has 1 atom stereocenters. The average Bonchev–Trinajstić information content (AvgIpc) is 2.87. The summed E-state index contributed by atoms with van der Waals surface area (Å²) in [7, 11) is -1.64. The Morgan fingerprint density at radius 3 is 2.30 bits per heavy atom. The maximum Gasteiger partial charge on any atom is 0.304 e. The van der Waals surface area contributed by atoms with E-state index in [4.69, 9.17) is 11.6 Å². The van der Waals surface area contributed by atoms with Crippen LogP contribution >= 0.6 is 11.6 Å². The van der Waals surface area contributed by atoms with Gasteiger partial charge in [0.25, 0.3) is 0 Å². The molecule has 2 aromatic rings. The molecule has 0 spiro atoms. The molecule has 1 aliphatic carbocycles. The van der Waals surface area contributed by atoms with Crippen LogP contribution in [0.5, 0.6) is 0 Å². The molecule has 1 N–H and O–H groups in total. The SMILES string of the molecule is CC(C(=O)NC1CCCCC1)N(Cc1ccccc1Cl)C(=O)CN(c1ccccc1F)S(=O)(=O)N(C)C. The van der Waals surface area contributed by atoms with Crippen molar-refractivity contribution in [1.82, 2.24) is 14.5 Å². The lowest BCUT2D eigenvalue weighted by atomic mass is 9.95. The first kappa shape index (κ1) is 28.9. The van der Waals surface area contributed by atoms with E-state index in [1.807, 2.05) is 0 Å². The van der Waals surface area contributed by atoms with Crippen molar-refractivity contribution < 1.29 is 22.4 Å². The van der Waals surface area contributed by atoms with Crippen LogP contribution in [0.25, 0.3) is 0 Å². The van der Waals surface area contributed by atoms with Crippen molar-refractivity contribution in [2.75, 3.05) is 24.9 Å². The fourth-order valence-electron chi connectivity index (χ4n) is 4.32. The molecule has 11 heteroatoms. The lowest BCUT2D eigenvalue weighted by molar-refractivity contribution is -0.139. The number of hydrogen-bond donors (Lipinski definition) is 1. The second kappa shape index (κ2) is 12.7. The summed E-state index contributed by atoms with van der Waals surface area (Å²) >= 11 is 6.35. The lowest BCUT2D eigenvalue weighted by Crippen LogP contribution is -2.53. The number of nitrogens with zero attached hydrogens (tertiary/aromatic N) is 3. The normalized spacial score (nSPS) is 15.3. The van der Waals surface area contributed by atoms with Crippen molar-refractivity contribution in [2.45, 2.75) is 57.7 Å². The van der Waals surface area contributed by atoms with Crippen molar-refractivity contribution in [3.63, 3.8) is 0 Å². The predicted molar refractivity (Wildman–Crippen MR) is 143 cm³/mol. The minimum atomic E-state index is -4.24. The highest BCUT2D eigenvalue weighted by Crippen LogP contribution is 2.25. The molecule has 0 saturated heterocycles. The van der Waals surface area contributed by atoms with Gasteiger partial charge in [-0.2, -0.15) is 12.7 Å². The van der Waals surface area contributed by atoms with E-state index >= 15 is 0 Å². The van der Waals surface area contributed by atoms with Crippen LogP contribution in [-0.2, 0) is 26.3 Å². The molecule has 0 aliphatic heterocycles. The van der Waals surface area contributed by atoms with E-state index in [9.17, 15) is 22.4 Å². The summed E-state index contributed by atoms with van der Waals surface area (Å²) in [6, 6.07) is 11.4. The molecule has 8 nitrogen and oxygen atoms in total. The summed E-state index contributed by atoms with van der Waals surface area (Å²) in [4.78, 5) is 28.2. The van der Waals surface area contributed by atoms with Crippen LogP contribution in [0.4, 0.5) is 10.1 Å². The number of carbonyl (C=O) groups excluding carboxylic acids is 2. The Morgan fingerprint density at radius 2 is 1.68 bits per heavy atom. The summed E-state index contributed by atoms with van der Waals surface area (Å²) in [6.45, 7) is 0.874. The molecule has 37 heavy (non-hydrogen) atoms. The number of rotatable bonds is 10. The van der Waals surface area contributed by atoms with Crippen LogP contribution in [0.2, 0.25) is 5.02 Å². The summed E-state index contributed by atoms with van der Waals surface area (Å²) < 4.78 is 42.6. The van der Waals surface area contributed by atoms with E-state index in [1.165, 1.54) is 37.2 Å². The molecule has 202 valence electrons. The molecule has 0 heterocycles. The van der Waals surface area contributed by atoms with Gasteiger partial charge in [0, 0.05) is 31.7 Å². The van der Waals surface area contributed by atoms with Crippen LogP contribution in [-0.4, -0.2) is 62.2 Å². The molecule has 1 saturated carbocycles. The number of anilines is 1. The fraction of sp³-hybridized carbons (Fsp3) is 0.462. The third kappa shape index (κ3) is 7.21. The van der Waals surface area contributed by atoms with Crippen molar-refractivity contribution in [3.05, 3.63) is 64.9 Å². The van der Waals surface area contributed by atoms with E-state index in [0.717, 1.165) is 46.8 Å². The Hall–Kier alpha value is -2.69. The van der Waals surface area contributed by atoms with Gasteiger partial charge in [0.15, 0.2) is 0 Å². The number of hydrogen-bond acceptors (Lipinski definition) is 4. The Kier molecular flexibility index (Phi) is 9.92. The van der Waals surface area contributed by atoms with E-state index < -0.39 is 34.5 Å². The maximum atomic E-state index is 14.7. The maximum absolute atomic E-state index is 14.7. The number of benzene rings is 2.